The molecule has 1 fully saturated rings. The molecule has 0 spiro atoms. The highest BCUT2D eigenvalue weighted by atomic mass is 35.5. The maximum absolute atomic E-state index is 6.23. The summed E-state index contributed by atoms with van der Waals surface area (Å²) < 4.78 is 0. The summed E-state index contributed by atoms with van der Waals surface area (Å²) >= 11 is 10.2. The second-order valence-electron chi connectivity index (χ2n) is 4.16. The van der Waals surface area contributed by atoms with Crippen LogP contribution in [0.3, 0.4) is 0 Å². The van der Waals surface area contributed by atoms with Crippen molar-refractivity contribution in [2.75, 3.05) is 11.5 Å². The van der Waals surface area contributed by atoms with E-state index in [-0.39, 0.29) is 0 Å². The van der Waals surface area contributed by atoms with Crippen LogP contribution in [0.2, 0.25) is 5.15 Å². The summed E-state index contributed by atoms with van der Waals surface area (Å²) in [6.45, 7) is 6.37. The zero-order valence-electron chi connectivity index (χ0n) is 10.4. The highest BCUT2D eigenvalue weighted by Gasteiger charge is 2.27. The fourth-order valence-electron chi connectivity index (χ4n) is 2.03. The first kappa shape index (κ1) is 13.5. The zero-order valence-corrected chi connectivity index (χ0v) is 12.8. The maximum Gasteiger partial charge on any atom is 0.144 e. The second kappa shape index (κ2) is 5.81. The zero-order chi connectivity index (χ0) is 12.4. The number of nitrogens with zero attached hydrogens (tertiary/aromatic N) is 2. The van der Waals surface area contributed by atoms with Crippen LogP contribution in [0.25, 0.3) is 0 Å². The van der Waals surface area contributed by atoms with Gasteiger partial charge in [-0.25, -0.2) is 9.97 Å². The molecule has 0 bridgehead atoms. The largest absolute Gasteiger partial charge is 0.237 e. The van der Waals surface area contributed by atoms with Crippen molar-refractivity contribution < 1.29 is 0 Å². The number of rotatable bonds is 2. The molecule has 1 aromatic heterocycles. The molecule has 1 saturated heterocycles. The second-order valence-corrected chi connectivity index (χ2v) is 7.25. The van der Waals surface area contributed by atoms with Crippen LogP contribution in [0.15, 0.2) is 0 Å². The third-order valence-electron chi connectivity index (χ3n) is 2.98. The van der Waals surface area contributed by atoms with Gasteiger partial charge >= 0.3 is 0 Å². The molecular formula is C12H17ClN2S2. The molecule has 1 aliphatic heterocycles. The van der Waals surface area contributed by atoms with Gasteiger partial charge in [-0.2, -0.15) is 11.8 Å². The average Bonchev–Trinajstić information content (AvgIpc) is 2.29. The molecule has 0 saturated carbocycles. The third kappa shape index (κ3) is 2.91. The van der Waals surface area contributed by atoms with Crippen LogP contribution in [-0.2, 0) is 6.42 Å². The molecule has 94 valence electrons. The Morgan fingerprint density at radius 1 is 1.29 bits per heavy atom. The standard InChI is InChI=1S/C12H17ClN2S2/c1-4-9-7(2)14-12(15-11(9)13)10-8(3)16-5-6-17-10/h8,10H,4-6H2,1-3H3. The van der Waals surface area contributed by atoms with Crippen LogP contribution in [-0.4, -0.2) is 26.7 Å². The maximum atomic E-state index is 6.23. The minimum atomic E-state index is 0.385. The monoisotopic (exact) mass is 288 g/mol. The molecule has 2 rings (SSSR count). The summed E-state index contributed by atoms with van der Waals surface area (Å²) in [4.78, 5) is 9.15. The Balaban J connectivity index is 2.32. The fourth-order valence-corrected chi connectivity index (χ4v) is 5.07. The Bertz CT molecular complexity index is 388. The third-order valence-corrected chi connectivity index (χ3v) is 6.38. The molecule has 17 heavy (non-hydrogen) atoms. The van der Waals surface area contributed by atoms with Crippen molar-refractivity contribution in [3.63, 3.8) is 0 Å². The Morgan fingerprint density at radius 2 is 2.00 bits per heavy atom. The first-order valence-corrected chi connectivity index (χ1v) is 8.37. The highest BCUT2D eigenvalue weighted by Crippen LogP contribution is 2.41. The molecule has 5 heteroatoms. The number of aromatic nitrogens is 2. The number of hydrogen-bond acceptors (Lipinski definition) is 4. The van der Waals surface area contributed by atoms with Crippen LogP contribution in [0, 0.1) is 6.92 Å². The van der Waals surface area contributed by atoms with Gasteiger partial charge in [0, 0.05) is 28.0 Å². The molecular weight excluding hydrogens is 272 g/mol. The predicted octanol–water partition coefficient (Wildman–Crippen LogP) is 3.91. The molecule has 0 aliphatic carbocycles. The SMILES string of the molecule is CCc1c(C)nc(C2SCCSC2C)nc1Cl. The van der Waals surface area contributed by atoms with Crippen LogP contribution in [0.5, 0.6) is 0 Å². The van der Waals surface area contributed by atoms with E-state index in [4.69, 9.17) is 11.6 Å². The van der Waals surface area contributed by atoms with Crippen LogP contribution < -0.4 is 0 Å². The van der Waals surface area contributed by atoms with E-state index in [1.807, 2.05) is 30.4 Å². The van der Waals surface area contributed by atoms with E-state index in [0.717, 1.165) is 23.5 Å². The van der Waals surface area contributed by atoms with Gasteiger partial charge in [0.15, 0.2) is 0 Å². The van der Waals surface area contributed by atoms with Crippen molar-refractivity contribution in [3.8, 4) is 0 Å². The molecule has 1 aliphatic rings. The van der Waals surface area contributed by atoms with Crippen molar-refractivity contribution in [1.82, 2.24) is 9.97 Å². The Labute approximate surface area is 116 Å². The van der Waals surface area contributed by atoms with Gasteiger partial charge in [0.2, 0.25) is 0 Å². The first-order valence-electron chi connectivity index (χ1n) is 5.89. The van der Waals surface area contributed by atoms with Crippen LogP contribution >= 0.6 is 35.1 Å². The van der Waals surface area contributed by atoms with E-state index in [0.29, 0.717) is 15.7 Å². The van der Waals surface area contributed by atoms with Gasteiger partial charge in [-0.1, -0.05) is 25.4 Å². The van der Waals surface area contributed by atoms with Gasteiger partial charge in [0.25, 0.3) is 0 Å². The van der Waals surface area contributed by atoms with Crippen molar-refractivity contribution in [3.05, 3.63) is 22.2 Å². The lowest BCUT2D eigenvalue weighted by Gasteiger charge is -2.27. The van der Waals surface area contributed by atoms with Gasteiger partial charge < -0.3 is 0 Å². The first-order chi connectivity index (χ1) is 8.13. The van der Waals surface area contributed by atoms with Gasteiger partial charge in [-0.3, -0.25) is 0 Å². The fraction of sp³-hybridized carbons (Fsp3) is 0.667. The van der Waals surface area contributed by atoms with E-state index in [2.05, 4.69) is 23.8 Å². The Kier molecular flexibility index (Phi) is 4.61. The molecule has 2 heterocycles. The average molecular weight is 289 g/mol. The smallest absolute Gasteiger partial charge is 0.144 e. The van der Waals surface area contributed by atoms with E-state index >= 15 is 0 Å². The van der Waals surface area contributed by atoms with Crippen molar-refractivity contribution in [1.29, 1.82) is 0 Å². The summed E-state index contributed by atoms with van der Waals surface area (Å²) in [7, 11) is 0. The van der Waals surface area contributed by atoms with E-state index in [1.54, 1.807) is 0 Å². The lowest BCUT2D eigenvalue weighted by Crippen LogP contribution is -2.19. The summed E-state index contributed by atoms with van der Waals surface area (Å²) in [5.41, 5.74) is 2.11. The normalized spacial score (nSPS) is 24.9. The molecule has 2 atom stereocenters. The highest BCUT2D eigenvalue weighted by molar-refractivity contribution is 8.06. The lowest BCUT2D eigenvalue weighted by atomic mass is 10.2. The number of aryl methyl sites for hydroxylation is 1. The van der Waals surface area contributed by atoms with Gasteiger partial charge in [0.1, 0.15) is 11.0 Å². The predicted molar refractivity (Wildman–Crippen MR) is 78.3 cm³/mol. The number of halogens is 1. The quantitative estimate of drug-likeness (QED) is 0.771. The van der Waals surface area contributed by atoms with E-state index < -0.39 is 0 Å². The molecule has 2 unspecified atom stereocenters. The van der Waals surface area contributed by atoms with Gasteiger partial charge in [-0.05, 0) is 13.3 Å². The molecule has 0 amide bonds. The molecule has 1 aromatic rings. The van der Waals surface area contributed by atoms with Crippen molar-refractivity contribution in [2.24, 2.45) is 0 Å². The van der Waals surface area contributed by atoms with E-state index in [1.165, 1.54) is 11.5 Å². The lowest BCUT2D eigenvalue weighted by molar-refractivity contribution is 0.804. The summed E-state index contributed by atoms with van der Waals surface area (Å²) in [6.07, 6.45) is 0.896. The van der Waals surface area contributed by atoms with Gasteiger partial charge in [0.05, 0.1) is 5.25 Å². The number of thioether (sulfide) groups is 2. The number of hydrogen-bond donors (Lipinski definition) is 0. The van der Waals surface area contributed by atoms with E-state index in [9.17, 15) is 0 Å². The molecule has 2 nitrogen and oxygen atoms in total. The van der Waals surface area contributed by atoms with Gasteiger partial charge in [-0.15, -0.1) is 11.8 Å². The van der Waals surface area contributed by atoms with Crippen molar-refractivity contribution >= 4 is 35.1 Å². The minimum Gasteiger partial charge on any atom is -0.237 e. The molecule has 0 radical (unpaired) electrons. The molecule has 0 N–H and O–H groups in total. The topological polar surface area (TPSA) is 25.8 Å². The van der Waals surface area contributed by atoms with Crippen molar-refractivity contribution in [2.45, 2.75) is 37.7 Å². The minimum absolute atomic E-state index is 0.385. The Hall–Kier alpha value is 0.0700. The summed E-state index contributed by atoms with van der Waals surface area (Å²) in [5.74, 6) is 3.31. The Morgan fingerprint density at radius 3 is 2.59 bits per heavy atom. The summed E-state index contributed by atoms with van der Waals surface area (Å²) in [5, 5.41) is 1.59. The summed E-state index contributed by atoms with van der Waals surface area (Å²) in [6, 6.07) is 0. The van der Waals surface area contributed by atoms with Crippen LogP contribution in [0.1, 0.15) is 36.2 Å². The van der Waals surface area contributed by atoms with Crippen LogP contribution in [0.4, 0.5) is 0 Å². The molecule has 0 aromatic carbocycles.